The van der Waals surface area contributed by atoms with Gasteiger partial charge in [0.1, 0.15) is 12.3 Å². The van der Waals surface area contributed by atoms with Gasteiger partial charge in [0.05, 0.1) is 0 Å². The largest absolute Gasteiger partial charge is 0.234 e. The van der Waals surface area contributed by atoms with E-state index in [2.05, 4.69) is 46.4 Å². The Labute approximate surface area is 92.8 Å². The van der Waals surface area contributed by atoms with Crippen molar-refractivity contribution in [1.82, 2.24) is 10.0 Å². The van der Waals surface area contributed by atoms with Crippen LogP contribution < -0.4 is 0 Å². The third-order valence-corrected chi connectivity index (χ3v) is 3.61. The summed E-state index contributed by atoms with van der Waals surface area (Å²) in [5.74, 6) is 0. The number of hydrogen-bond acceptors (Lipinski definition) is 6. The second kappa shape index (κ2) is 3.66. The molecule has 2 aliphatic heterocycles. The maximum Gasteiger partial charge on any atom is 0.182 e. The van der Waals surface area contributed by atoms with Gasteiger partial charge in [-0.15, -0.1) is 0 Å². The normalized spacial score (nSPS) is 30.6. The quantitative estimate of drug-likeness (QED) is 0.633. The van der Waals surface area contributed by atoms with Crippen LogP contribution in [0.5, 0.6) is 0 Å². The monoisotopic (exact) mass is 230 g/mol. The molecule has 0 unspecified atom stereocenters. The Morgan fingerprint density at radius 3 is 1.57 bits per heavy atom. The minimum absolute atomic E-state index is 0.189. The van der Waals surface area contributed by atoms with E-state index in [1.54, 1.807) is 23.5 Å². The minimum Gasteiger partial charge on any atom is -0.234 e. The molecule has 4 nitrogen and oxygen atoms in total. The average Bonchev–Trinajstić information content (AvgIpc) is 2.67. The van der Waals surface area contributed by atoms with Crippen molar-refractivity contribution >= 4 is 33.9 Å². The molecule has 0 saturated heterocycles. The molecular weight excluding hydrogens is 216 g/mol. The fraction of sp³-hybridized carbons (Fsp3) is 0.750. The Morgan fingerprint density at radius 1 is 0.929 bits per heavy atom. The highest BCUT2D eigenvalue weighted by molar-refractivity contribution is 8.13. The van der Waals surface area contributed by atoms with Crippen molar-refractivity contribution in [3.63, 3.8) is 0 Å². The van der Waals surface area contributed by atoms with E-state index >= 15 is 0 Å². The van der Waals surface area contributed by atoms with Crippen LogP contribution >= 0.6 is 23.5 Å². The summed E-state index contributed by atoms with van der Waals surface area (Å²) in [5.41, 5.74) is 0. The number of fused-ring (bicyclic) bond motifs is 1. The number of nitrogens with zero attached hydrogens (tertiary/aromatic N) is 4. The molecule has 0 amide bonds. The SMILES string of the molecule is CSC1=N[C@@H](C)N2C(SC)=N[C@@H](C)N12. The summed E-state index contributed by atoms with van der Waals surface area (Å²) >= 11 is 3.36. The van der Waals surface area contributed by atoms with Gasteiger partial charge in [-0.25, -0.2) is 20.0 Å². The van der Waals surface area contributed by atoms with E-state index in [1.807, 2.05) is 0 Å². The number of rotatable bonds is 0. The third kappa shape index (κ3) is 1.32. The van der Waals surface area contributed by atoms with Crippen molar-refractivity contribution in [2.75, 3.05) is 12.5 Å². The van der Waals surface area contributed by atoms with Crippen molar-refractivity contribution in [2.45, 2.75) is 26.2 Å². The smallest absolute Gasteiger partial charge is 0.182 e. The molecule has 2 atom stereocenters. The zero-order chi connectivity index (χ0) is 10.3. The Bertz CT molecular complexity index is 272. The van der Waals surface area contributed by atoms with Crippen LogP contribution in [0.2, 0.25) is 0 Å². The lowest BCUT2D eigenvalue weighted by Gasteiger charge is -2.28. The summed E-state index contributed by atoms with van der Waals surface area (Å²) in [7, 11) is 0. The second-order valence-corrected chi connectivity index (χ2v) is 4.73. The number of hydrazine groups is 1. The van der Waals surface area contributed by atoms with Crippen molar-refractivity contribution in [2.24, 2.45) is 9.98 Å². The highest BCUT2D eigenvalue weighted by Crippen LogP contribution is 2.31. The van der Waals surface area contributed by atoms with Crippen molar-refractivity contribution in [1.29, 1.82) is 0 Å². The molecule has 0 radical (unpaired) electrons. The first-order valence-corrected chi connectivity index (χ1v) is 6.96. The first kappa shape index (κ1) is 10.2. The topological polar surface area (TPSA) is 31.2 Å². The number of thioether (sulfide) groups is 2. The molecule has 0 aliphatic carbocycles. The van der Waals surface area contributed by atoms with Gasteiger partial charge in [-0.2, -0.15) is 0 Å². The van der Waals surface area contributed by atoms with Crippen molar-refractivity contribution in [3.8, 4) is 0 Å². The lowest BCUT2D eigenvalue weighted by atomic mass is 10.6. The van der Waals surface area contributed by atoms with E-state index in [0.29, 0.717) is 0 Å². The Kier molecular flexibility index (Phi) is 2.66. The predicted octanol–water partition coefficient (Wildman–Crippen LogP) is 1.66. The molecule has 0 aromatic heterocycles. The van der Waals surface area contributed by atoms with Gasteiger partial charge in [0.2, 0.25) is 0 Å². The second-order valence-electron chi connectivity index (χ2n) is 3.18. The van der Waals surface area contributed by atoms with Crippen LogP contribution in [0.4, 0.5) is 0 Å². The van der Waals surface area contributed by atoms with Crippen molar-refractivity contribution < 1.29 is 0 Å². The molecule has 2 rings (SSSR count). The van der Waals surface area contributed by atoms with E-state index < -0.39 is 0 Å². The van der Waals surface area contributed by atoms with Gasteiger partial charge in [0.15, 0.2) is 10.3 Å². The van der Waals surface area contributed by atoms with Crippen LogP contribution in [-0.2, 0) is 0 Å². The summed E-state index contributed by atoms with van der Waals surface area (Å²) in [6, 6.07) is 0. The Hall–Kier alpha value is -0.360. The van der Waals surface area contributed by atoms with Gasteiger partial charge >= 0.3 is 0 Å². The summed E-state index contributed by atoms with van der Waals surface area (Å²) in [4.78, 5) is 9.15. The summed E-state index contributed by atoms with van der Waals surface area (Å²) in [6.07, 6.45) is 4.49. The highest BCUT2D eigenvalue weighted by Gasteiger charge is 2.40. The minimum atomic E-state index is 0.189. The Balaban J connectivity index is 2.28. The number of hydrogen-bond donors (Lipinski definition) is 0. The molecule has 0 bridgehead atoms. The van der Waals surface area contributed by atoms with E-state index in [0.717, 1.165) is 10.3 Å². The zero-order valence-electron chi connectivity index (χ0n) is 8.76. The fourth-order valence-corrected chi connectivity index (χ4v) is 3.07. The molecule has 6 heteroatoms. The van der Waals surface area contributed by atoms with Crippen LogP contribution in [0.1, 0.15) is 13.8 Å². The molecule has 0 saturated carbocycles. The maximum atomic E-state index is 4.58. The number of amidine groups is 2. The van der Waals surface area contributed by atoms with E-state index in [9.17, 15) is 0 Å². The lowest BCUT2D eigenvalue weighted by molar-refractivity contribution is 0.119. The van der Waals surface area contributed by atoms with Gasteiger partial charge in [-0.05, 0) is 26.4 Å². The van der Waals surface area contributed by atoms with Gasteiger partial charge in [0, 0.05) is 0 Å². The average molecular weight is 230 g/mol. The molecule has 0 aromatic rings. The molecular formula is C8H14N4S2. The first-order chi connectivity index (χ1) is 6.69. The molecule has 2 aliphatic rings. The van der Waals surface area contributed by atoms with Gasteiger partial charge < -0.3 is 0 Å². The summed E-state index contributed by atoms with van der Waals surface area (Å²) in [6.45, 7) is 4.19. The molecule has 0 N–H and O–H groups in total. The first-order valence-electron chi connectivity index (χ1n) is 4.51. The summed E-state index contributed by atoms with van der Waals surface area (Å²) < 4.78 is 0. The molecule has 0 aromatic carbocycles. The van der Waals surface area contributed by atoms with E-state index in [4.69, 9.17) is 0 Å². The zero-order valence-corrected chi connectivity index (χ0v) is 10.4. The third-order valence-electron chi connectivity index (χ3n) is 2.29. The van der Waals surface area contributed by atoms with Gasteiger partial charge in [-0.1, -0.05) is 23.5 Å². The van der Waals surface area contributed by atoms with Gasteiger partial charge in [0.25, 0.3) is 0 Å². The van der Waals surface area contributed by atoms with Crippen LogP contribution in [0.3, 0.4) is 0 Å². The molecule has 2 heterocycles. The Morgan fingerprint density at radius 2 is 1.29 bits per heavy atom. The fourth-order valence-electron chi connectivity index (χ4n) is 1.70. The van der Waals surface area contributed by atoms with Crippen LogP contribution in [0.15, 0.2) is 9.98 Å². The standard InChI is InChI=1S/C8H14N4S2/c1-5-9-7(13-3)12-6(2)10-8(14-4)11(5)12/h5-6H,1-4H3/t5-,6-/m1/s1. The summed E-state index contributed by atoms with van der Waals surface area (Å²) in [5, 5.41) is 6.47. The highest BCUT2D eigenvalue weighted by atomic mass is 32.2. The van der Waals surface area contributed by atoms with Crippen LogP contribution in [0, 0.1) is 0 Å². The lowest BCUT2D eigenvalue weighted by Crippen LogP contribution is -2.43. The maximum absolute atomic E-state index is 4.58. The van der Waals surface area contributed by atoms with Crippen LogP contribution in [0.25, 0.3) is 0 Å². The van der Waals surface area contributed by atoms with E-state index in [1.165, 1.54) is 0 Å². The predicted molar refractivity (Wildman–Crippen MR) is 64.5 cm³/mol. The van der Waals surface area contributed by atoms with E-state index in [-0.39, 0.29) is 12.3 Å². The molecule has 0 fully saturated rings. The molecule has 14 heavy (non-hydrogen) atoms. The van der Waals surface area contributed by atoms with Gasteiger partial charge in [-0.3, -0.25) is 0 Å². The molecule has 78 valence electrons. The molecule has 0 spiro atoms. The van der Waals surface area contributed by atoms with Crippen molar-refractivity contribution in [3.05, 3.63) is 0 Å². The van der Waals surface area contributed by atoms with Crippen LogP contribution in [-0.4, -0.2) is 45.2 Å². The number of aliphatic imine (C=N–C) groups is 2.